The molecule has 0 aromatic heterocycles. The maximum atomic E-state index is 11.5. The van der Waals surface area contributed by atoms with Gasteiger partial charge >= 0.3 is 0 Å². The number of amides is 1. The number of benzene rings is 1. The van der Waals surface area contributed by atoms with Crippen LogP contribution in [-0.2, 0) is 4.79 Å². The quantitative estimate of drug-likeness (QED) is 0.740. The Kier molecular flexibility index (Phi) is 4.56. The highest BCUT2D eigenvalue weighted by atomic mass is 16.2. The highest BCUT2D eigenvalue weighted by Gasteiger charge is 2.08. The fourth-order valence-corrected chi connectivity index (χ4v) is 1.11. The molecule has 0 radical (unpaired) electrons. The molecule has 0 heterocycles. The fraction of sp³-hybridized carbons (Fsp3) is 0.308. The van der Waals surface area contributed by atoms with E-state index in [0.717, 1.165) is 0 Å². The van der Waals surface area contributed by atoms with Crippen LogP contribution in [0, 0.1) is 17.8 Å². The molecule has 3 nitrogen and oxygen atoms in total. The first kappa shape index (κ1) is 12.3. The zero-order valence-electron chi connectivity index (χ0n) is 9.45. The minimum absolute atomic E-state index is 0.0433. The zero-order chi connectivity index (χ0) is 12.0. The molecule has 2 N–H and O–H groups in total. The van der Waals surface area contributed by atoms with E-state index in [9.17, 15) is 4.79 Å². The van der Waals surface area contributed by atoms with E-state index in [1.807, 2.05) is 26.0 Å². The summed E-state index contributed by atoms with van der Waals surface area (Å²) in [4.78, 5) is 11.5. The Hall–Kier alpha value is -1.79. The van der Waals surface area contributed by atoms with Gasteiger partial charge in [-0.25, -0.2) is 0 Å². The van der Waals surface area contributed by atoms with Gasteiger partial charge in [-0.3, -0.25) is 4.79 Å². The largest absolute Gasteiger partial charge is 0.384 e. The minimum atomic E-state index is -0.188. The van der Waals surface area contributed by atoms with Gasteiger partial charge in [-0.1, -0.05) is 37.8 Å². The van der Waals surface area contributed by atoms with Crippen LogP contribution in [0.25, 0.3) is 0 Å². The number of aliphatic hydroxyl groups excluding tert-OH is 1. The summed E-state index contributed by atoms with van der Waals surface area (Å²) in [6.45, 7) is 3.47. The molecule has 0 bridgehead atoms. The van der Waals surface area contributed by atoms with E-state index in [0.29, 0.717) is 11.3 Å². The summed E-state index contributed by atoms with van der Waals surface area (Å²) in [6.07, 6.45) is 0. The van der Waals surface area contributed by atoms with Crippen molar-refractivity contribution < 1.29 is 9.90 Å². The molecule has 0 atom stereocenters. The number of carbonyl (C=O) groups is 1. The summed E-state index contributed by atoms with van der Waals surface area (Å²) in [5.41, 5.74) is 1.40. The van der Waals surface area contributed by atoms with Crippen molar-refractivity contribution in [2.75, 3.05) is 11.9 Å². The highest BCUT2D eigenvalue weighted by Crippen LogP contribution is 2.14. The molecule has 0 saturated carbocycles. The lowest BCUT2D eigenvalue weighted by Crippen LogP contribution is -2.18. The van der Waals surface area contributed by atoms with Gasteiger partial charge < -0.3 is 10.4 Å². The van der Waals surface area contributed by atoms with Gasteiger partial charge in [0, 0.05) is 11.5 Å². The number of hydrogen-bond donors (Lipinski definition) is 2. The van der Waals surface area contributed by atoms with E-state index in [4.69, 9.17) is 5.11 Å². The summed E-state index contributed by atoms with van der Waals surface area (Å²) in [5.74, 6) is 5.24. The van der Waals surface area contributed by atoms with Crippen molar-refractivity contribution in [1.29, 1.82) is 0 Å². The van der Waals surface area contributed by atoms with E-state index >= 15 is 0 Å². The van der Waals surface area contributed by atoms with Gasteiger partial charge in [0.1, 0.15) is 6.61 Å². The molecule has 0 aliphatic heterocycles. The predicted molar refractivity (Wildman–Crippen MR) is 63.9 cm³/mol. The third kappa shape index (κ3) is 3.41. The maximum absolute atomic E-state index is 11.5. The van der Waals surface area contributed by atoms with Gasteiger partial charge in [0.05, 0.1) is 5.69 Å². The Bertz CT molecular complexity index is 427. The van der Waals surface area contributed by atoms with Gasteiger partial charge in [-0.15, -0.1) is 0 Å². The second-order valence-corrected chi connectivity index (χ2v) is 3.65. The van der Waals surface area contributed by atoms with Gasteiger partial charge in [0.15, 0.2) is 0 Å². The van der Waals surface area contributed by atoms with Crippen LogP contribution in [0.15, 0.2) is 24.3 Å². The van der Waals surface area contributed by atoms with Gasteiger partial charge in [0.2, 0.25) is 5.91 Å². The number of anilines is 1. The Labute approximate surface area is 95.5 Å². The standard InChI is InChI=1S/C13H15NO2/c1-10(2)13(16)14-12-8-4-3-6-11(12)7-5-9-15/h3-4,6,8,10,15H,9H2,1-2H3,(H,14,16). The van der Waals surface area contributed by atoms with Crippen molar-refractivity contribution in [2.45, 2.75) is 13.8 Å². The van der Waals surface area contributed by atoms with Crippen LogP contribution in [0.2, 0.25) is 0 Å². The second-order valence-electron chi connectivity index (χ2n) is 3.65. The molecule has 0 aliphatic carbocycles. The molecule has 84 valence electrons. The molecule has 1 rings (SSSR count). The fourth-order valence-electron chi connectivity index (χ4n) is 1.11. The molecule has 3 heteroatoms. The van der Waals surface area contributed by atoms with E-state index in [2.05, 4.69) is 17.2 Å². The van der Waals surface area contributed by atoms with Gasteiger partial charge in [-0.2, -0.15) is 0 Å². The number of carbonyl (C=O) groups excluding carboxylic acids is 1. The lowest BCUT2D eigenvalue weighted by molar-refractivity contribution is -0.118. The van der Waals surface area contributed by atoms with Crippen LogP contribution in [0.3, 0.4) is 0 Å². The Balaban J connectivity index is 2.91. The first-order chi connectivity index (χ1) is 7.65. The number of nitrogens with one attached hydrogen (secondary N) is 1. The van der Waals surface area contributed by atoms with Crippen LogP contribution < -0.4 is 5.32 Å². The SMILES string of the molecule is CC(C)C(=O)Nc1ccccc1C#CCO. The number of para-hydroxylation sites is 1. The van der Waals surface area contributed by atoms with E-state index in [1.54, 1.807) is 12.1 Å². The van der Waals surface area contributed by atoms with Crippen LogP contribution in [0.1, 0.15) is 19.4 Å². The molecular formula is C13H15NO2. The van der Waals surface area contributed by atoms with E-state index in [-0.39, 0.29) is 18.4 Å². The topological polar surface area (TPSA) is 49.3 Å². The number of rotatable bonds is 2. The average Bonchev–Trinajstić information content (AvgIpc) is 2.27. The molecule has 1 aromatic rings. The van der Waals surface area contributed by atoms with Crippen LogP contribution in [0.5, 0.6) is 0 Å². The van der Waals surface area contributed by atoms with Crippen molar-refractivity contribution in [2.24, 2.45) is 5.92 Å². The third-order valence-corrected chi connectivity index (χ3v) is 2.01. The lowest BCUT2D eigenvalue weighted by atomic mass is 10.1. The zero-order valence-corrected chi connectivity index (χ0v) is 9.45. The summed E-state index contributed by atoms with van der Waals surface area (Å²) in [7, 11) is 0. The molecule has 0 aliphatic rings. The summed E-state index contributed by atoms with van der Waals surface area (Å²) < 4.78 is 0. The molecule has 0 unspecified atom stereocenters. The summed E-state index contributed by atoms with van der Waals surface area (Å²) in [5, 5.41) is 11.4. The van der Waals surface area contributed by atoms with Crippen LogP contribution >= 0.6 is 0 Å². The molecule has 1 aromatic carbocycles. The van der Waals surface area contributed by atoms with E-state index in [1.165, 1.54) is 0 Å². The Morgan fingerprint density at radius 3 is 2.75 bits per heavy atom. The van der Waals surface area contributed by atoms with Crippen molar-refractivity contribution in [3.63, 3.8) is 0 Å². The average molecular weight is 217 g/mol. The molecule has 1 amide bonds. The van der Waals surface area contributed by atoms with Gasteiger partial charge in [-0.05, 0) is 12.1 Å². The molecular weight excluding hydrogens is 202 g/mol. The van der Waals surface area contributed by atoms with Crippen molar-refractivity contribution in [1.82, 2.24) is 0 Å². The maximum Gasteiger partial charge on any atom is 0.226 e. The first-order valence-corrected chi connectivity index (χ1v) is 5.14. The Morgan fingerprint density at radius 1 is 1.44 bits per heavy atom. The van der Waals surface area contributed by atoms with Crippen molar-refractivity contribution >= 4 is 11.6 Å². The minimum Gasteiger partial charge on any atom is -0.384 e. The van der Waals surface area contributed by atoms with E-state index < -0.39 is 0 Å². The first-order valence-electron chi connectivity index (χ1n) is 5.14. The molecule has 16 heavy (non-hydrogen) atoms. The third-order valence-electron chi connectivity index (χ3n) is 2.01. The highest BCUT2D eigenvalue weighted by molar-refractivity contribution is 5.93. The molecule has 0 saturated heterocycles. The second kappa shape index (κ2) is 5.94. The summed E-state index contributed by atoms with van der Waals surface area (Å²) >= 11 is 0. The van der Waals surface area contributed by atoms with Crippen molar-refractivity contribution in [3.05, 3.63) is 29.8 Å². The van der Waals surface area contributed by atoms with Crippen LogP contribution in [0.4, 0.5) is 5.69 Å². The smallest absolute Gasteiger partial charge is 0.226 e. The van der Waals surface area contributed by atoms with Crippen LogP contribution in [-0.4, -0.2) is 17.6 Å². The van der Waals surface area contributed by atoms with Crippen molar-refractivity contribution in [3.8, 4) is 11.8 Å². The van der Waals surface area contributed by atoms with Gasteiger partial charge in [0.25, 0.3) is 0 Å². The molecule has 0 spiro atoms. The Morgan fingerprint density at radius 2 is 2.12 bits per heavy atom. The summed E-state index contributed by atoms with van der Waals surface area (Å²) in [6, 6.07) is 7.27. The number of hydrogen-bond acceptors (Lipinski definition) is 2. The predicted octanol–water partition coefficient (Wildman–Crippen LogP) is 1.62. The number of aliphatic hydroxyl groups is 1. The molecule has 0 fully saturated rings. The lowest BCUT2D eigenvalue weighted by Gasteiger charge is -2.09. The monoisotopic (exact) mass is 217 g/mol. The normalized spacial score (nSPS) is 9.50.